The van der Waals surface area contributed by atoms with Crippen LogP contribution in [0.5, 0.6) is 0 Å². The summed E-state index contributed by atoms with van der Waals surface area (Å²) in [5.74, 6) is 5.13. The third-order valence-corrected chi connectivity index (χ3v) is 3.60. The maximum atomic E-state index is 12.8. The number of carbonyl (C=O) groups is 2. The first-order chi connectivity index (χ1) is 11.0. The topological polar surface area (TPSA) is 62.6 Å². The van der Waals surface area contributed by atoms with Crippen molar-refractivity contribution in [1.82, 2.24) is 10.2 Å². The molecule has 1 aliphatic heterocycles. The molecule has 0 bridgehead atoms. The summed E-state index contributed by atoms with van der Waals surface area (Å²) >= 11 is 0. The van der Waals surface area contributed by atoms with Crippen molar-refractivity contribution in [2.45, 2.75) is 12.5 Å². The van der Waals surface area contributed by atoms with Crippen LogP contribution in [0.4, 0.5) is 9.18 Å². The Morgan fingerprint density at radius 2 is 2.00 bits per heavy atom. The van der Waals surface area contributed by atoms with Crippen LogP contribution in [0.15, 0.2) is 47.1 Å². The summed E-state index contributed by atoms with van der Waals surface area (Å²) in [5.41, 5.74) is -0.620. The Balaban J connectivity index is 1.76. The lowest BCUT2D eigenvalue weighted by Gasteiger charge is -2.18. The number of halogens is 1. The Hall–Kier alpha value is -3.07. The van der Waals surface area contributed by atoms with E-state index >= 15 is 0 Å². The van der Waals surface area contributed by atoms with Gasteiger partial charge >= 0.3 is 6.03 Å². The van der Waals surface area contributed by atoms with Gasteiger partial charge in [-0.15, -0.1) is 0 Å². The van der Waals surface area contributed by atoms with E-state index in [0.29, 0.717) is 11.3 Å². The number of hydrogen-bond acceptors (Lipinski definition) is 3. The van der Waals surface area contributed by atoms with Gasteiger partial charge in [0.25, 0.3) is 5.91 Å². The fraction of sp³-hybridized carbons (Fsp3) is 0.176. The minimum Gasteiger partial charge on any atom is -0.466 e. The quantitative estimate of drug-likeness (QED) is 0.683. The number of amides is 3. The molecule has 1 N–H and O–H groups in total. The van der Waals surface area contributed by atoms with Crippen molar-refractivity contribution in [1.29, 1.82) is 0 Å². The third kappa shape index (κ3) is 2.69. The van der Waals surface area contributed by atoms with E-state index in [-0.39, 0.29) is 12.4 Å². The molecule has 1 aromatic carbocycles. The maximum absolute atomic E-state index is 12.8. The van der Waals surface area contributed by atoms with Gasteiger partial charge in [0.05, 0.1) is 12.8 Å². The number of imide groups is 1. The van der Waals surface area contributed by atoms with Crippen molar-refractivity contribution in [3.63, 3.8) is 0 Å². The zero-order chi connectivity index (χ0) is 16.4. The second kappa shape index (κ2) is 5.61. The van der Waals surface area contributed by atoms with Gasteiger partial charge < -0.3 is 9.73 Å². The van der Waals surface area contributed by atoms with Gasteiger partial charge in [0.1, 0.15) is 11.6 Å². The fourth-order valence-corrected chi connectivity index (χ4v) is 2.32. The molecule has 1 aromatic heterocycles. The van der Waals surface area contributed by atoms with Crippen molar-refractivity contribution < 1.29 is 18.4 Å². The molecule has 0 radical (unpaired) electrons. The van der Waals surface area contributed by atoms with Gasteiger partial charge in [-0.3, -0.25) is 9.69 Å². The molecule has 0 saturated carbocycles. The van der Waals surface area contributed by atoms with E-state index < -0.39 is 17.5 Å². The van der Waals surface area contributed by atoms with Crippen molar-refractivity contribution in [2.75, 3.05) is 6.54 Å². The SMILES string of the molecule is C[C@]1(c2ccco2)NC(=O)N(CC#Cc2ccc(F)cc2)C1=O. The zero-order valence-corrected chi connectivity index (χ0v) is 12.3. The van der Waals surface area contributed by atoms with Crippen molar-refractivity contribution >= 4 is 11.9 Å². The van der Waals surface area contributed by atoms with Gasteiger partial charge in [-0.2, -0.15) is 0 Å². The highest BCUT2D eigenvalue weighted by molar-refractivity contribution is 6.07. The zero-order valence-electron chi connectivity index (χ0n) is 12.3. The number of nitrogens with zero attached hydrogens (tertiary/aromatic N) is 1. The van der Waals surface area contributed by atoms with E-state index in [9.17, 15) is 14.0 Å². The normalized spacial score (nSPS) is 20.2. The lowest BCUT2D eigenvalue weighted by atomic mass is 9.99. The van der Waals surface area contributed by atoms with Crippen molar-refractivity contribution in [3.8, 4) is 11.8 Å². The second-order valence-electron chi connectivity index (χ2n) is 5.23. The molecule has 1 fully saturated rings. The first-order valence-corrected chi connectivity index (χ1v) is 6.93. The molecule has 1 aliphatic rings. The van der Waals surface area contributed by atoms with Gasteiger partial charge in [-0.05, 0) is 43.3 Å². The number of urea groups is 1. The van der Waals surface area contributed by atoms with E-state index in [0.717, 1.165) is 4.90 Å². The van der Waals surface area contributed by atoms with Gasteiger partial charge in [0.15, 0.2) is 5.54 Å². The molecule has 2 aromatic rings. The van der Waals surface area contributed by atoms with Gasteiger partial charge in [-0.25, -0.2) is 9.18 Å². The summed E-state index contributed by atoms with van der Waals surface area (Å²) in [6, 6.07) is 8.41. The Morgan fingerprint density at radius 1 is 1.26 bits per heavy atom. The van der Waals surface area contributed by atoms with Crippen LogP contribution in [0.1, 0.15) is 18.2 Å². The number of hydrogen-bond donors (Lipinski definition) is 1. The first-order valence-electron chi connectivity index (χ1n) is 6.93. The molecule has 0 unspecified atom stereocenters. The van der Waals surface area contributed by atoms with E-state index in [1.807, 2.05) is 0 Å². The molecule has 3 amide bonds. The lowest BCUT2D eigenvalue weighted by molar-refractivity contribution is -0.131. The predicted octanol–water partition coefficient (Wildman–Crippen LogP) is 2.24. The standard InChI is InChI=1S/C17H13FN2O3/c1-17(14-5-3-11-23-14)15(21)20(16(22)19-17)10-2-4-12-6-8-13(18)9-7-12/h3,5-9,11H,10H2,1H3,(H,19,22)/t17-/m1/s1. The third-order valence-electron chi connectivity index (χ3n) is 3.60. The molecule has 5 nitrogen and oxygen atoms in total. The Morgan fingerprint density at radius 3 is 2.65 bits per heavy atom. The number of rotatable bonds is 2. The summed E-state index contributed by atoms with van der Waals surface area (Å²) in [7, 11) is 0. The van der Waals surface area contributed by atoms with E-state index in [1.165, 1.54) is 30.5 Å². The number of nitrogens with one attached hydrogen (secondary N) is 1. The van der Waals surface area contributed by atoms with Gasteiger partial charge in [0, 0.05) is 5.56 Å². The number of carbonyl (C=O) groups excluding carboxylic acids is 2. The number of furan rings is 1. The highest BCUT2D eigenvalue weighted by Crippen LogP contribution is 2.28. The molecule has 0 spiro atoms. The highest BCUT2D eigenvalue weighted by atomic mass is 19.1. The molecule has 2 heterocycles. The predicted molar refractivity (Wildman–Crippen MR) is 79.6 cm³/mol. The summed E-state index contributed by atoms with van der Waals surface area (Å²) < 4.78 is 18.1. The first kappa shape index (κ1) is 14.9. The van der Waals surface area contributed by atoms with E-state index in [1.54, 1.807) is 19.1 Å². The molecular weight excluding hydrogens is 299 g/mol. The Bertz CT molecular complexity index is 803. The van der Waals surface area contributed by atoms with Crippen LogP contribution in [0.25, 0.3) is 0 Å². The molecule has 116 valence electrons. The smallest absolute Gasteiger partial charge is 0.326 e. The summed E-state index contributed by atoms with van der Waals surface area (Å²) in [5, 5.41) is 2.61. The minimum absolute atomic E-state index is 0.0572. The molecule has 0 aliphatic carbocycles. The molecule has 1 atom stereocenters. The molecule has 23 heavy (non-hydrogen) atoms. The van der Waals surface area contributed by atoms with E-state index in [4.69, 9.17) is 4.42 Å². The molecule has 1 saturated heterocycles. The fourth-order valence-electron chi connectivity index (χ4n) is 2.32. The molecule has 3 rings (SSSR count). The minimum atomic E-state index is -1.22. The summed E-state index contributed by atoms with van der Waals surface area (Å²) in [6.45, 7) is 1.53. The summed E-state index contributed by atoms with van der Waals surface area (Å²) in [4.78, 5) is 25.5. The van der Waals surface area contributed by atoms with Crippen LogP contribution < -0.4 is 5.32 Å². The maximum Gasteiger partial charge on any atom is 0.326 e. The van der Waals surface area contributed by atoms with Crippen LogP contribution >= 0.6 is 0 Å². The van der Waals surface area contributed by atoms with Crippen LogP contribution in [-0.4, -0.2) is 23.4 Å². The van der Waals surface area contributed by atoms with Crippen LogP contribution in [0.3, 0.4) is 0 Å². The van der Waals surface area contributed by atoms with Crippen LogP contribution in [0, 0.1) is 17.7 Å². The monoisotopic (exact) mass is 312 g/mol. The highest BCUT2D eigenvalue weighted by Gasteiger charge is 2.50. The summed E-state index contributed by atoms with van der Waals surface area (Å²) in [6.07, 6.45) is 1.44. The largest absolute Gasteiger partial charge is 0.466 e. The van der Waals surface area contributed by atoms with Crippen molar-refractivity contribution in [2.24, 2.45) is 0 Å². The molecular formula is C17H13FN2O3. The second-order valence-corrected chi connectivity index (χ2v) is 5.23. The van der Waals surface area contributed by atoms with Crippen molar-refractivity contribution in [3.05, 3.63) is 59.8 Å². The van der Waals surface area contributed by atoms with Crippen LogP contribution in [-0.2, 0) is 10.3 Å². The Labute approximate surface area is 132 Å². The number of benzene rings is 1. The van der Waals surface area contributed by atoms with Gasteiger partial charge in [0.2, 0.25) is 0 Å². The molecule has 6 heteroatoms. The van der Waals surface area contributed by atoms with E-state index in [2.05, 4.69) is 17.2 Å². The Kier molecular flexibility index (Phi) is 3.62. The van der Waals surface area contributed by atoms with Crippen LogP contribution in [0.2, 0.25) is 0 Å². The van der Waals surface area contributed by atoms with Gasteiger partial charge in [-0.1, -0.05) is 11.8 Å². The lowest BCUT2D eigenvalue weighted by Crippen LogP contribution is -2.40. The average Bonchev–Trinajstić information content (AvgIpc) is 3.13. The average molecular weight is 312 g/mol.